The van der Waals surface area contributed by atoms with E-state index in [1.54, 1.807) is 19.1 Å². The number of hydrogen-bond donors (Lipinski definition) is 1. The van der Waals surface area contributed by atoms with Crippen molar-refractivity contribution in [3.8, 4) is 28.4 Å². The quantitative estimate of drug-likeness (QED) is 0.486. The summed E-state index contributed by atoms with van der Waals surface area (Å²) in [7, 11) is 4.44. The zero-order valence-corrected chi connectivity index (χ0v) is 19.9. The van der Waals surface area contributed by atoms with Crippen molar-refractivity contribution in [3.05, 3.63) is 58.5 Å². The Morgan fingerprint density at radius 1 is 0.970 bits per heavy atom. The second-order valence-electron chi connectivity index (χ2n) is 6.81. The average molecular weight is 474 g/mol. The predicted molar refractivity (Wildman–Crippen MR) is 128 cm³/mol. The Balaban J connectivity index is 0.00000385. The normalized spacial score (nSPS) is 10.1. The summed E-state index contributed by atoms with van der Waals surface area (Å²) in [4.78, 5) is 25.8. The summed E-state index contributed by atoms with van der Waals surface area (Å²) in [6.45, 7) is 3.96. The third-order valence-corrected chi connectivity index (χ3v) is 5.68. The maximum absolute atomic E-state index is 13.1. The Morgan fingerprint density at radius 2 is 1.58 bits per heavy atom. The first-order chi connectivity index (χ1) is 15.4. The van der Waals surface area contributed by atoms with Crippen molar-refractivity contribution < 1.29 is 34.0 Å². The number of benzene rings is 2. The minimum atomic E-state index is -0.496. The highest BCUT2D eigenvalue weighted by Crippen LogP contribution is 2.40. The van der Waals surface area contributed by atoms with E-state index in [9.17, 15) is 9.59 Å². The lowest BCUT2D eigenvalue weighted by Gasteiger charge is -2.14. The SMILES string of the molecule is CCOC(=O)c1c(-c2ccc(C)cc2)csc1NC(=O)c1cc(OC)c(OC)c(OC)c1.O. The van der Waals surface area contributed by atoms with Gasteiger partial charge >= 0.3 is 5.97 Å². The van der Waals surface area contributed by atoms with E-state index in [1.165, 1.54) is 32.7 Å². The lowest BCUT2D eigenvalue weighted by atomic mass is 10.0. The van der Waals surface area contributed by atoms with E-state index in [0.29, 0.717) is 38.9 Å². The molecule has 3 rings (SSSR count). The van der Waals surface area contributed by atoms with Crippen molar-refractivity contribution in [1.29, 1.82) is 0 Å². The maximum Gasteiger partial charge on any atom is 0.341 e. The Bertz CT molecular complexity index is 1100. The molecule has 3 aromatic rings. The fourth-order valence-corrected chi connectivity index (χ4v) is 4.14. The van der Waals surface area contributed by atoms with Crippen LogP contribution in [0.25, 0.3) is 11.1 Å². The molecule has 0 aliphatic heterocycles. The van der Waals surface area contributed by atoms with Crippen LogP contribution in [0, 0.1) is 6.92 Å². The molecule has 0 unspecified atom stereocenters. The van der Waals surface area contributed by atoms with Gasteiger partial charge in [0, 0.05) is 16.5 Å². The highest BCUT2D eigenvalue weighted by molar-refractivity contribution is 7.15. The molecule has 0 radical (unpaired) electrons. The first kappa shape index (κ1) is 25.7. The Hall–Kier alpha value is -3.56. The fourth-order valence-electron chi connectivity index (χ4n) is 3.19. The van der Waals surface area contributed by atoms with E-state index in [1.807, 2.05) is 36.6 Å². The number of rotatable bonds is 8. The molecule has 2 aromatic carbocycles. The van der Waals surface area contributed by atoms with Crippen LogP contribution in [0.15, 0.2) is 41.8 Å². The molecule has 176 valence electrons. The van der Waals surface area contributed by atoms with Crippen LogP contribution in [-0.2, 0) is 4.74 Å². The molecular weight excluding hydrogens is 446 g/mol. The standard InChI is InChI=1S/C24H25NO6S.H2O/c1-6-31-24(27)20-17(15-9-7-14(2)8-10-15)13-32-23(20)25-22(26)16-11-18(28-3)21(30-5)19(12-16)29-4;/h7-13H,6H2,1-5H3,(H,25,26);1H2. The summed E-state index contributed by atoms with van der Waals surface area (Å²) in [5.74, 6) is 0.177. The molecule has 1 heterocycles. The number of anilines is 1. The summed E-state index contributed by atoms with van der Waals surface area (Å²) in [5.41, 5.74) is 3.29. The van der Waals surface area contributed by atoms with E-state index in [4.69, 9.17) is 18.9 Å². The first-order valence-corrected chi connectivity index (χ1v) is 10.8. The van der Waals surface area contributed by atoms with Gasteiger partial charge in [-0.2, -0.15) is 0 Å². The molecule has 33 heavy (non-hydrogen) atoms. The van der Waals surface area contributed by atoms with Crippen LogP contribution in [0.5, 0.6) is 17.2 Å². The zero-order valence-electron chi connectivity index (χ0n) is 19.1. The van der Waals surface area contributed by atoms with Crippen LogP contribution in [0.1, 0.15) is 33.2 Å². The number of esters is 1. The van der Waals surface area contributed by atoms with E-state index in [-0.39, 0.29) is 12.1 Å². The van der Waals surface area contributed by atoms with Crippen LogP contribution in [0.4, 0.5) is 5.00 Å². The average Bonchev–Trinajstić information content (AvgIpc) is 3.22. The molecule has 1 aromatic heterocycles. The van der Waals surface area contributed by atoms with Gasteiger partial charge in [0.25, 0.3) is 5.91 Å². The highest BCUT2D eigenvalue weighted by atomic mass is 32.1. The molecule has 0 spiro atoms. The number of amides is 1. The molecule has 0 saturated carbocycles. The van der Waals surface area contributed by atoms with Gasteiger partial charge in [0.2, 0.25) is 5.75 Å². The number of carbonyl (C=O) groups excluding carboxylic acids is 2. The predicted octanol–water partition coefficient (Wildman–Crippen LogP) is 4.35. The molecule has 8 nitrogen and oxygen atoms in total. The van der Waals surface area contributed by atoms with Crippen LogP contribution in [-0.4, -0.2) is 45.3 Å². The number of nitrogens with one attached hydrogen (secondary N) is 1. The molecule has 0 atom stereocenters. The van der Waals surface area contributed by atoms with Gasteiger partial charge in [-0.15, -0.1) is 11.3 Å². The molecule has 0 aliphatic rings. The smallest absolute Gasteiger partial charge is 0.341 e. The lowest BCUT2D eigenvalue weighted by molar-refractivity contribution is 0.0529. The fraction of sp³-hybridized carbons (Fsp3) is 0.250. The van der Waals surface area contributed by atoms with Crippen LogP contribution in [0.2, 0.25) is 0 Å². The number of ether oxygens (including phenoxy) is 4. The van der Waals surface area contributed by atoms with Crippen molar-refractivity contribution >= 4 is 28.2 Å². The van der Waals surface area contributed by atoms with Crippen LogP contribution in [0.3, 0.4) is 0 Å². The van der Waals surface area contributed by atoms with Gasteiger partial charge in [-0.1, -0.05) is 29.8 Å². The summed E-state index contributed by atoms with van der Waals surface area (Å²) in [5, 5.41) is 5.07. The van der Waals surface area contributed by atoms with Gasteiger partial charge < -0.3 is 29.7 Å². The van der Waals surface area contributed by atoms with Gasteiger partial charge in [-0.05, 0) is 31.5 Å². The van der Waals surface area contributed by atoms with Crippen LogP contribution < -0.4 is 19.5 Å². The summed E-state index contributed by atoms with van der Waals surface area (Å²) < 4.78 is 21.2. The van der Waals surface area contributed by atoms with Gasteiger partial charge in [0.1, 0.15) is 10.6 Å². The number of hydrogen-bond acceptors (Lipinski definition) is 7. The van der Waals surface area contributed by atoms with Gasteiger partial charge in [0.15, 0.2) is 11.5 Å². The molecular formula is C24H27NO7S. The lowest BCUT2D eigenvalue weighted by Crippen LogP contribution is -2.15. The number of thiophene rings is 1. The Labute approximate surface area is 196 Å². The van der Waals surface area contributed by atoms with E-state index in [0.717, 1.165) is 11.1 Å². The minimum Gasteiger partial charge on any atom is -0.493 e. The second kappa shape index (κ2) is 11.3. The molecule has 3 N–H and O–H groups in total. The zero-order chi connectivity index (χ0) is 23.3. The minimum absolute atomic E-state index is 0. The molecule has 9 heteroatoms. The molecule has 0 bridgehead atoms. The molecule has 0 fully saturated rings. The van der Waals surface area contributed by atoms with E-state index in [2.05, 4.69) is 5.32 Å². The van der Waals surface area contributed by atoms with Crippen molar-refractivity contribution in [2.75, 3.05) is 33.3 Å². The number of aryl methyl sites for hydroxylation is 1. The first-order valence-electron chi connectivity index (χ1n) is 9.90. The van der Waals surface area contributed by atoms with Crippen molar-refractivity contribution in [3.63, 3.8) is 0 Å². The van der Waals surface area contributed by atoms with Crippen molar-refractivity contribution in [2.45, 2.75) is 13.8 Å². The topological polar surface area (TPSA) is 115 Å². The van der Waals surface area contributed by atoms with Gasteiger partial charge in [-0.3, -0.25) is 4.79 Å². The monoisotopic (exact) mass is 473 g/mol. The van der Waals surface area contributed by atoms with E-state index < -0.39 is 11.9 Å². The highest BCUT2D eigenvalue weighted by Gasteiger charge is 2.24. The molecule has 0 aliphatic carbocycles. The van der Waals surface area contributed by atoms with Gasteiger partial charge in [0.05, 0.1) is 27.9 Å². The van der Waals surface area contributed by atoms with Crippen molar-refractivity contribution in [1.82, 2.24) is 0 Å². The van der Waals surface area contributed by atoms with Crippen LogP contribution >= 0.6 is 11.3 Å². The summed E-state index contributed by atoms with van der Waals surface area (Å²) in [6.07, 6.45) is 0. The molecule has 1 amide bonds. The van der Waals surface area contributed by atoms with Crippen molar-refractivity contribution in [2.24, 2.45) is 0 Å². The Morgan fingerprint density at radius 3 is 2.09 bits per heavy atom. The summed E-state index contributed by atoms with van der Waals surface area (Å²) in [6, 6.07) is 10.9. The Kier molecular flexibility index (Phi) is 8.84. The third-order valence-electron chi connectivity index (χ3n) is 4.79. The van der Waals surface area contributed by atoms with Gasteiger partial charge in [-0.25, -0.2) is 4.79 Å². The number of methoxy groups -OCH3 is 3. The maximum atomic E-state index is 13.1. The summed E-state index contributed by atoms with van der Waals surface area (Å²) >= 11 is 1.26. The van der Waals surface area contributed by atoms with E-state index >= 15 is 0 Å². The third kappa shape index (κ3) is 5.44. The molecule has 0 saturated heterocycles. The second-order valence-corrected chi connectivity index (χ2v) is 7.69. The largest absolute Gasteiger partial charge is 0.493 e. The number of carbonyl (C=O) groups is 2.